The summed E-state index contributed by atoms with van der Waals surface area (Å²) in [5.74, 6) is -0.452. The molecule has 12 heteroatoms. The van der Waals surface area contributed by atoms with Gasteiger partial charge in [0, 0.05) is 20.1 Å². The lowest BCUT2D eigenvalue weighted by molar-refractivity contribution is -0.120. The lowest BCUT2D eigenvalue weighted by Crippen LogP contribution is -2.50. The number of para-hydroxylation sites is 4. The average Bonchev–Trinajstić information content (AvgIpc) is 3.09. The van der Waals surface area contributed by atoms with Crippen molar-refractivity contribution < 1.29 is 28.7 Å². The Morgan fingerprint density at radius 2 is 1.22 bits per heavy atom. The van der Waals surface area contributed by atoms with Crippen LogP contribution in [0.4, 0.5) is 32.3 Å². The predicted molar refractivity (Wildman–Crippen MR) is 158 cm³/mol. The number of hydrogen-bond acceptors (Lipinski definition) is 8. The molecule has 2 aromatic rings. The highest BCUT2D eigenvalue weighted by atomic mass is 16.6. The van der Waals surface area contributed by atoms with Crippen molar-refractivity contribution in [3.63, 3.8) is 0 Å². The van der Waals surface area contributed by atoms with E-state index < -0.39 is 35.5 Å². The van der Waals surface area contributed by atoms with Crippen LogP contribution in [0, 0.1) is 0 Å². The Morgan fingerprint density at radius 3 is 1.80 bits per heavy atom. The number of rotatable bonds is 2. The molecule has 2 aliphatic rings. The first-order chi connectivity index (χ1) is 19.1. The zero-order chi connectivity index (χ0) is 30.4. The zero-order valence-corrected chi connectivity index (χ0v) is 24.6. The number of amides is 4. The maximum absolute atomic E-state index is 12.4. The van der Waals surface area contributed by atoms with Gasteiger partial charge in [-0.2, -0.15) is 0 Å². The van der Waals surface area contributed by atoms with E-state index in [1.54, 1.807) is 54.7 Å². The Bertz CT molecular complexity index is 1270. The summed E-state index contributed by atoms with van der Waals surface area (Å²) in [6.45, 7) is 11.3. The Morgan fingerprint density at radius 1 is 0.756 bits per heavy atom. The number of benzene rings is 2. The number of nitrogens with zero attached hydrogens (tertiary/aromatic N) is 1. The minimum atomic E-state index is -0.683. The molecule has 41 heavy (non-hydrogen) atoms. The molecule has 2 atom stereocenters. The second-order valence-corrected chi connectivity index (χ2v) is 11.6. The minimum absolute atomic E-state index is 0.182. The van der Waals surface area contributed by atoms with Crippen molar-refractivity contribution in [2.24, 2.45) is 0 Å². The molecule has 0 radical (unpaired) electrons. The highest BCUT2D eigenvalue weighted by Gasteiger charge is 2.30. The first-order valence-electron chi connectivity index (χ1n) is 13.4. The van der Waals surface area contributed by atoms with E-state index in [1.807, 2.05) is 42.5 Å². The van der Waals surface area contributed by atoms with Gasteiger partial charge in [-0.05, 0) is 65.8 Å². The molecule has 2 heterocycles. The van der Waals surface area contributed by atoms with Gasteiger partial charge in [-0.3, -0.25) is 9.59 Å². The number of alkyl carbamates (subject to hydrolysis) is 2. The molecule has 0 aromatic heterocycles. The average molecular weight is 569 g/mol. The van der Waals surface area contributed by atoms with Gasteiger partial charge in [-0.1, -0.05) is 24.3 Å². The van der Waals surface area contributed by atoms with Crippen molar-refractivity contribution in [2.45, 2.75) is 64.8 Å². The first kappa shape index (κ1) is 31.1. The lowest BCUT2D eigenvalue weighted by Gasteiger charge is -2.24. The number of hydrogen-bond donors (Lipinski definition) is 5. The van der Waals surface area contributed by atoms with Crippen LogP contribution >= 0.6 is 0 Å². The third-order valence-corrected chi connectivity index (χ3v) is 5.77. The number of fused-ring (bicyclic) bond motifs is 2. The van der Waals surface area contributed by atoms with Crippen LogP contribution in [0.2, 0.25) is 0 Å². The minimum Gasteiger partial charge on any atom is -0.444 e. The van der Waals surface area contributed by atoms with Crippen LogP contribution in [0.1, 0.15) is 41.5 Å². The zero-order valence-electron chi connectivity index (χ0n) is 24.6. The standard InChI is InChI=1S/C15H21N3O3.C14H19N3O3/c1-15(2,3)21-14(20)17-11-9-16-10-7-5-6-8-12(10)18(4)13(11)19;1-14(2,3)20-13(19)17-11-8-15-9-6-4-5-7-10(9)16-12(11)18/h5-8,11,16H,9H2,1-4H3,(H,17,20);4-7,11,15H,8H2,1-3H3,(H,16,18)(H,17,19)/t2*11-/m00/s1. The van der Waals surface area contributed by atoms with E-state index in [1.165, 1.54) is 4.90 Å². The monoisotopic (exact) mass is 568 g/mol. The maximum atomic E-state index is 12.4. The third-order valence-electron chi connectivity index (χ3n) is 5.77. The Labute approximate surface area is 240 Å². The van der Waals surface area contributed by atoms with Crippen molar-refractivity contribution in [3.8, 4) is 0 Å². The number of nitrogens with one attached hydrogen (secondary N) is 5. The van der Waals surface area contributed by atoms with Gasteiger partial charge in [0.25, 0.3) is 5.91 Å². The fraction of sp³-hybridized carbons (Fsp3) is 0.448. The molecule has 0 unspecified atom stereocenters. The van der Waals surface area contributed by atoms with Crippen molar-refractivity contribution in [1.29, 1.82) is 0 Å². The van der Waals surface area contributed by atoms with E-state index in [0.717, 1.165) is 17.1 Å². The molecular formula is C29H40N6O6. The molecule has 0 bridgehead atoms. The summed E-state index contributed by atoms with van der Waals surface area (Å²) in [4.78, 5) is 49.6. The highest BCUT2D eigenvalue weighted by molar-refractivity contribution is 6.02. The van der Waals surface area contributed by atoms with Crippen LogP contribution in [0.3, 0.4) is 0 Å². The molecule has 0 aliphatic carbocycles. The maximum Gasteiger partial charge on any atom is 0.408 e. The summed E-state index contributed by atoms with van der Waals surface area (Å²) < 4.78 is 10.3. The largest absolute Gasteiger partial charge is 0.444 e. The number of anilines is 4. The van der Waals surface area contributed by atoms with Gasteiger partial charge >= 0.3 is 12.2 Å². The fourth-order valence-electron chi connectivity index (χ4n) is 3.97. The summed E-state index contributed by atoms with van der Waals surface area (Å²) in [5, 5.41) is 14.2. The second-order valence-electron chi connectivity index (χ2n) is 11.6. The van der Waals surface area contributed by atoms with Crippen LogP contribution < -0.4 is 31.5 Å². The fourth-order valence-corrected chi connectivity index (χ4v) is 3.97. The van der Waals surface area contributed by atoms with Gasteiger partial charge in [0.1, 0.15) is 23.3 Å². The summed E-state index contributed by atoms with van der Waals surface area (Å²) in [5.41, 5.74) is 1.99. The SMILES string of the molecule is CC(C)(C)OC(=O)N[C@H]1CNc2ccccc2NC1=O.CN1C(=O)[C@@H](NC(=O)OC(C)(C)C)CNc2ccccc21. The van der Waals surface area contributed by atoms with Crippen molar-refractivity contribution in [1.82, 2.24) is 10.6 Å². The molecular weight excluding hydrogens is 528 g/mol. The number of likely N-dealkylation sites (N-methyl/N-ethyl adjacent to an activating group) is 1. The summed E-state index contributed by atoms with van der Waals surface area (Å²) in [6.07, 6.45) is -1.20. The van der Waals surface area contributed by atoms with Gasteiger partial charge in [0.2, 0.25) is 5.91 Å². The van der Waals surface area contributed by atoms with Crippen LogP contribution in [0.5, 0.6) is 0 Å². The molecule has 5 N–H and O–H groups in total. The molecule has 2 aliphatic heterocycles. The summed E-state index contributed by atoms with van der Waals surface area (Å²) in [6, 6.07) is 13.5. The van der Waals surface area contributed by atoms with Crippen LogP contribution in [0.15, 0.2) is 48.5 Å². The Kier molecular flexibility index (Phi) is 9.69. The molecule has 0 spiro atoms. The molecule has 0 saturated heterocycles. The lowest BCUT2D eigenvalue weighted by atomic mass is 10.2. The molecule has 0 saturated carbocycles. The molecule has 12 nitrogen and oxygen atoms in total. The van der Waals surface area contributed by atoms with Crippen LogP contribution in [-0.2, 0) is 19.1 Å². The summed E-state index contributed by atoms with van der Waals surface area (Å²) >= 11 is 0. The predicted octanol–water partition coefficient (Wildman–Crippen LogP) is 3.91. The molecule has 2 aromatic carbocycles. The normalized spacial score (nSPS) is 18.3. The number of carbonyl (C=O) groups is 4. The van der Waals surface area contributed by atoms with E-state index in [-0.39, 0.29) is 11.8 Å². The van der Waals surface area contributed by atoms with E-state index in [9.17, 15) is 19.2 Å². The van der Waals surface area contributed by atoms with Gasteiger partial charge in [0.15, 0.2) is 0 Å². The third kappa shape index (κ3) is 9.30. The molecule has 222 valence electrons. The van der Waals surface area contributed by atoms with E-state index in [0.29, 0.717) is 18.8 Å². The smallest absolute Gasteiger partial charge is 0.408 e. The van der Waals surface area contributed by atoms with Gasteiger partial charge in [0.05, 0.1) is 22.7 Å². The van der Waals surface area contributed by atoms with Crippen LogP contribution in [0.25, 0.3) is 0 Å². The molecule has 4 amide bonds. The molecule has 4 rings (SSSR count). The van der Waals surface area contributed by atoms with Gasteiger partial charge < -0.3 is 41.0 Å². The quantitative estimate of drug-likeness (QED) is 0.366. The summed E-state index contributed by atoms with van der Waals surface area (Å²) in [7, 11) is 1.69. The number of ether oxygens (including phenoxy) is 2. The topological polar surface area (TPSA) is 150 Å². The molecule has 0 fully saturated rings. The van der Waals surface area contributed by atoms with E-state index in [4.69, 9.17) is 9.47 Å². The van der Waals surface area contributed by atoms with Gasteiger partial charge in [-0.25, -0.2) is 9.59 Å². The number of carbonyl (C=O) groups excluding carboxylic acids is 4. The van der Waals surface area contributed by atoms with Gasteiger partial charge in [-0.15, -0.1) is 0 Å². The first-order valence-corrected chi connectivity index (χ1v) is 13.4. The highest BCUT2D eigenvalue weighted by Crippen LogP contribution is 2.27. The van der Waals surface area contributed by atoms with Crippen molar-refractivity contribution in [2.75, 3.05) is 41.0 Å². The van der Waals surface area contributed by atoms with E-state index >= 15 is 0 Å². The Hall–Kier alpha value is -4.48. The van der Waals surface area contributed by atoms with Crippen LogP contribution in [-0.4, -0.2) is 67.4 Å². The Balaban J connectivity index is 0.000000226. The van der Waals surface area contributed by atoms with E-state index in [2.05, 4.69) is 26.6 Å². The van der Waals surface area contributed by atoms with Crippen molar-refractivity contribution in [3.05, 3.63) is 48.5 Å². The van der Waals surface area contributed by atoms with Crippen molar-refractivity contribution >= 4 is 46.8 Å². The second kappa shape index (κ2) is 12.8.